The molecule has 3 aromatic carbocycles. The van der Waals surface area contributed by atoms with E-state index in [1.807, 2.05) is 32.9 Å². The Morgan fingerprint density at radius 3 is 2.42 bits per heavy atom. The summed E-state index contributed by atoms with van der Waals surface area (Å²) in [6.45, 7) is 5.77. The molecule has 33 heavy (non-hydrogen) atoms. The Balaban J connectivity index is 1.51. The van der Waals surface area contributed by atoms with Gasteiger partial charge in [0, 0.05) is 5.56 Å². The first-order chi connectivity index (χ1) is 15.7. The molecule has 1 amide bonds. The van der Waals surface area contributed by atoms with E-state index < -0.39 is 22.0 Å². The van der Waals surface area contributed by atoms with Crippen LogP contribution >= 0.6 is 0 Å². The Bertz CT molecular complexity index is 1300. The van der Waals surface area contributed by atoms with E-state index in [-0.39, 0.29) is 10.8 Å². The van der Waals surface area contributed by atoms with E-state index in [0.29, 0.717) is 6.42 Å². The molecule has 0 saturated carbocycles. The largest absolute Gasteiger partial charge is 0.271 e. The van der Waals surface area contributed by atoms with Gasteiger partial charge in [-0.2, -0.15) is 9.82 Å². The molecule has 0 spiro atoms. The molecule has 3 aromatic rings. The SMILES string of the molecule is Cc1ccc(S(=O)(=O)N[C@H](CC(C)C)C(=O)N/N=C\c2ccc3c4c(cccc24)CC3)cc1. The number of benzene rings is 3. The Morgan fingerprint density at radius 2 is 1.73 bits per heavy atom. The van der Waals surface area contributed by atoms with Gasteiger partial charge >= 0.3 is 0 Å². The van der Waals surface area contributed by atoms with Gasteiger partial charge in [0.2, 0.25) is 10.0 Å². The summed E-state index contributed by atoms with van der Waals surface area (Å²) in [5.74, 6) is -0.372. The van der Waals surface area contributed by atoms with Crippen molar-refractivity contribution in [3.8, 4) is 0 Å². The van der Waals surface area contributed by atoms with Gasteiger partial charge in [-0.15, -0.1) is 0 Å². The van der Waals surface area contributed by atoms with Crippen molar-refractivity contribution in [3.05, 3.63) is 76.9 Å². The lowest BCUT2D eigenvalue weighted by Crippen LogP contribution is -2.46. The monoisotopic (exact) mass is 463 g/mol. The third-order valence-electron chi connectivity index (χ3n) is 5.94. The van der Waals surface area contributed by atoms with Crippen molar-refractivity contribution in [2.45, 2.75) is 51.0 Å². The van der Waals surface area contributed by atoms with Gasteiger partial charge in [0.05, 0.1) is 11.1 Å². The van der Waals surface area contributed by atoms with Crippen LogP contribution in [0.2, 0.25) is 0 Å². The smallest absolute Gasteiger partial charge is 0.258 e. The lowest BCUT2D eigenvalue weighted by Gasteiger charge is -2.19. The summed E-state index contributed by atoms with van der Waals surface area (Å²) in [6, 6.07) is 16.0. The number of hydrogen-bond acceptors (Lipinski definition) is 4. The molecule has 0 saturated heterocycles. The van der Waals surface area contributed by atoms with Crippen molar-refractivity contribution in [2.75, 3.05) is 0 Å². The van der Waals surface area contributed by atoms with Gasteiger partial charge in [-0.25, -0.2) is 13.8 Å². The summed E-state index contributed by atoms with van der Waals surface area (Å²) in [6.07, 6.45) is 4.07. The molecule has 1 aliphatic carbocycles. The van der Waals surface area contributed by atoms with E-state index in [0.717, 1.165) is 29.4 Å². The highest BCUT2D eigenvalue weighted by Gasteiger charge is 2.26. The summed E-state index contributed by atoms with van der Waals surface area (Å²) < 4.78 is 28.2. The molecule has 1 atom stereocenters. The highest BCUT2D eigenvalue weighted by atomic mass is 32.2. The number of rotatable bonds is 8. The zero-order chi connectivity index (χ0) is 23.6. The predicted octanol–water partition coefficient (Wildman–Crippen LogP) is 4.09. The van der Waals surface area contributed by atoms with Crippen LogP contribution in [0.15, 0.2) is 64.6 Å². The molecule has 6 nitrogen and oxygen atoms in total. The van der Waals surface area contributed by atoms with Crippen LogP contribution in [0.1, 0.15) is 42.5 Å². The molecule has 2 N–H and O–H groups in total. The molecule has 0 aromatic heterocycles. The van der Waals surface area contributed by atoms with Gasteiger partial charge < -0.3 is 0 Å². The molecular weight excluding hydrogens is 434 g/mol. The number of nitrogens with one attached hydrogen (secondary N) is 2. The molecule has 0 aliphatic heterocycles. The second kappa shape index (κ2) is 9.45. The molecule has 1 aliphatic rings. The van der Waals surface area contributed by atoms with Crippen molar-refractivity contribution >= 4 is 32.9 Å². The van der Waals surface area contributed by atoms with E-state index >= 15 is 0 Å². The molecule has 0 unspecified atom stereocenters. The Labute approximate surface area is 195 Å². The molecule has 0 heterocycles. The lowest BCUT2D eigenvalue weighted by molar-refractivity contribution is -0.123. The van der Waals surface area contributed by atoms with E-state index in [1.165, 1.54) is 28.6 Å². The van der Waals surface area contributed by atoms with Gasteiger partial charge in [0.1, 0.15) is 6.04 Å². The third-order valence-corrected chi connectivity index (χ3v) is 7.43. The predicted molar refractivity (Wildman–Crippen MR) is 132 cm³/mol. The van der Waals surface area contributed by atoms with E-state index in [2.05, 4.69) is 33.4 Å². The van der Waals surface area contributed by atoms with Gasteiger partial charge in [-0.05, 0) is 66.1 Å². The minimum absolute atomic E-state index is 0.113. The fraction of sp³-hybridized carbons (Fsp3) is 0.308. The van der Waals surface area contributed by atoms with Crippen molar-refractivity contribution in [3.63, 3.8) is 0 Å². The second-order valence-electron chi connectivity index (χ2n) is 9.00. The average molecular weight is 464 g/mol. The van der Waals surface area contributed by atoms with Gasteiger partial charge in [-0.3, -0.25) is 4.79 Å². The molecule has 0 bridgehead atoms. The number of amides is 1. The number of aryl methyl sites for hydroxylation is 3. The molecule has 0 fully saturated rings. The van der Waals surface area contributed by atoms with Crippen LogP contribution in [-0.2, 0) is 27.7 Å². The Hall–Kier alpha value is -3.03. The molecule has 0 radical (unpaired) electrons. The van der Waals surface area contributed by atoms with E-state index in [1.54, 1.807) is 18.3 Å². The van der Waals surface area contributed by atoms with Crippen molar-refractivity contribution in [1.82, 2.24) is 10.1 Å². The first-order valence-electron chi connectivity index (χ1n) is 11.2. The van der Waals surface area contributed by atoms with Crippen LogP contribution < -0.4 is 10.1 Å². The van der Waals surface area contributed by atoms with E-state index in [9.17, 15) is 13.2 Å². The summed E-state index contributed by atoms with van der Waals surface area (Å²) in [5, 5.41) is 6.54. The van der Waals surface area contributed by atoms with Gasteiger partial charge in [0.15, 0.2) is 0 Å². The Kier molecular flexibility index (Phi) is 6.63. The molecule has 172 valence electrons. The minimum Gasteiger partial charge on any atom is -0.271 e. The van der Waals surface area contributed by atoms with Crippen LogP contribution in [0.3, 0.4) is 0 Å². The number of sulfonamides is 1. The van der Waals surface area contributed by atoms with Gasteiger partial charge in [-0.1, -0.05) is 61.9 Å². The first kappa shape index (κ1) is 23.1. The fourth-order valence-corrected chi connectivity index (χ4v) is 5.49. The maximum atomic E-state index is 12.9. The zero-order valence-corrected chi connectivity index (χ0v) is 19.9. The first-order valence-corrected chi connectivity index (χ1v) is 12.7. The minimum atomic E-state index is -3.84. The number of nitrogens with zero attached hydrogens (tertiary/aromatic N) is 1. The highest BCUT2D eigenvalue weighted by Crippen LogP contribution is 2.32. The number of hydrogen-bond donors (Lipinski definition) is 2. The van der Waals surface area contributed by atoms with Crippen molar-refractivity contribution in [2.24, 2.45) is 11.0 Å². The van der Waals surface area contributed by atoms with Crippen molar-refractivity contribution in [1.29, 1.82) is 0 Å². The topological polar surface area (TPSA) is 87.6 Å². The number of carbonyl (C=O) groups is 1. The molecule has 7 heteroatoms. The van der Waals surface area contributed by atoms with Crippen LogP contribution in [0.5, 0.6) is 0 Å². The molecular formula is C26H29N3O3S. The number of hydrazone groups is 1. The standard InChI is InChI=1S/C26H29N3O3S/c1-17(2)15-24(29-33(31,32)22-13-7-18(3)8-14-22)26(30)28-27-16-21-12-11-20-10-9-19-5-4-6-23(21)25(19)20/h4-8,11-14,16-17,24,29H,9-10,15H2,1-3H3,(H,28,30)/b27-16-/t24-/m1/s1. The summed E-state index contributed by atoms with van der Waals surface area (Å²) >= 11 is 0. The fourth-order valence-electron chi connectivity index (χ4n) is 4.28. The summed E-state index contributed by atoms with van der Waals surface area (Å²) in [4.78, 5) is 13.0. The molecule has 4 rings (SSSR count). The zero-order valence-electron chi connectivity index (χ0n) is 19.1. The van der Waals surface area contributed by atoms with Crippen molar-refractivity contribution < 1.29 is 13.2 Å². The maximum absolute atomic E-state index is 12.9. The lowest BCUT2D eigenvalue weighted by atomic mass is 10.0. The summed E-state index contributed by atoms with van der Waals surface area (Å²) in [5.41, 5.74) is 7.08. The average Bonchev–Trinajstić information content (AvgIpc) is 3.19. The van der Waals surface area contributed by atoms with E-state index in [4.69, 9.17) is 0 Å². The van der Waals surface area contributed by atoms with Gasteiger partial charge in [0.25, 0.3) is 5.91 Å². The van der Waals surface area contributed by atoms with Crippen LogP contribution in [0.25, 0.3) is 10.8 Å². The quantitative estimate of drug-likeness (QED) is 0.390. The third kappa shape index (κ3) is 5.15. The van der Waals surface area contributed by atoms with Crippen LogP contribution in [-0.4, -0.2) is 26.6 Å². The highest BCUT2D eigenvalue weighted by molar-refractivity contribution is 7.89. The normalized spacial score (nSPS) is 14.3. The van der Waals surface area contributed by atoms with Crippen LogP contribution in [0, 0.1) is 12.8 Å². The maximum Gasteiger partial charge on any atom is 0.258 e. The number of carbonyl (C=O) groups excluding carboxylic acids is 1. The second-order valence-corrected chi connectivity index (χ2v) is 10.7. The Morgan fingerprint density at radius 1 is 1.03 bits per heavy atom. The van der Waals surface area contributed by atoms with Crippen LogP contribution in [0.4, 0.5) is 0 Å². The summed E-state index contributed by atoms with van der Waals surface area (Å²) in [7, 11) is -3.84.